The minimum atomic E-state index is -0.548. The number of carbonyl (C=O) groups is 1. The monoisotopic (exact) mass is 470 g/mol. The van der Waals surface area contributed by atoms with E-state index in [0.717, 1.165) is 11.1 Å². The lowest BCUT2D eigenvalue weighted by Crippen LogP contribution is -2.14. The highest BCUT2D eigenvalue weighted by molar-refractivity contribution is 6.36. The number of anilines is 1. The number of nitriles is 1. The fraction of sp³-hybridized carbons (Fsp3) is 0.0833. The van der Waals surface area contributed by atoms with Crippen LogP contribution < -0.4 is 10.1 Å². The summed E-state index contributed by atoms with van der Waals surface area (Å²) in [5.74, 6) is -0.240. The van der Waals surface area contributed by atoms with Gasteiger partial charge in [0.15, 0.2) is 0 Å². The molecule has 156 valence electrons. The summed E-state index contributed by atoms with van der Waals surface area (Å²) in [7, 11) is 0. The number of para-hydroxylation sites is 1. The molecule has 1 amide bonds. The third-order valence-corrected chi connectivity index (χ3v) is 5.10. The molecule has 0 saturated heterocycles. The number of carbonyl (C=O) groups excluding carboxylic acids is 1. The minimum Gasteiger partial charge on any atom is -0.487 e. The molecule has 1 N–H and O–H groups in total. The van der Waals surface area contributed by atoms with Crippen molar-refractivity contribution in [3.63, 3.8) is 0 Å². The Morgan fingerprint density at radius 1 is 1.06 bits per heavy atom. The number of nitrogens with zero attached hydrogens (tertiary/aromatic N) is 1. The quantitative estimate of drug-likeness (QED) is 0.308. The number of hydrogen-bond donors (Lipinski definition) is 1. The van der Waals surface area contributed by atoms with Gasteiger partial charge in [-0.15, -0.1) is 0 Å². The number of nitrogens with one attached hydrogen (secondary N) is 1. The van der Waals surface area contributed by atoms with Crippen molar-refractivity contribution in [1.29, 1.82) is 5.26 Å². The van der Waals surface area contributed by atoms with E-state index in [-0.39, 0.29) is 17.2 Å². The lowest BCUT2D eigenvalue weighted by molar-refractivity contribution is -0.112. The first kappa shape index (κ1) is 22.7. The van der Waals surface area contributed by atoms with Gasteiger partial charge >= 0.3 is 0 Å². The van der Waals surface area contributed by atoms with E-state index in [9.17, 15) is 10.1 Å². The molecule has 0 atom stereocenters. The second-order valence-corrected chi connectivity index (χ2v) is 7.94. The molecule has 0 unspecified atom stereocenters. The summed E-state index contributed by atoms with van der Waals surface area (Å²) in [5.41, 5.74) is 2.64. The minimum absolute atomic E-state index is 0.116. The highest BCUT2D eigenvalue weighted by atomic mass is 35.5. The molecule has 3 aromatic carbocycles. The molecule has 0 aliphatic heterocycles. The van der Waals surface area contributed by atoms with Crippen molar-refractivity contribution in [3.05, 3.63) is 98.0 Å². The first-order chi connectivity index (χ1) is 14.9. The Morgan fingerprint density at radius 2 is 1.84 bits per heavy atom. The highest BCUT2D eigenvalue weighted by Crippen LogP contribution is 2.34. The maximum absolute atomic E-state index is 12.7. The second kappa shape index (κ2) is 10.4. The molecule has 3 rings (SSSR count). The standard InChI is InChI=1S/C24H17Cl3N2O2/c1-15-5-2-3-8-22(15)29-24(30)18(13-28)10-17-11-20(26)12-21(27)23(17)31-14-16-6-4-7-19(25)9-16/h2-12H,14H2,1H3,(H,29,30)/b18-10+. The third kappa shape index (κ3) is 6.02. The van der Waals surface area contributed by atoms with Gasteiger partial charge in [-0.25, -0.2) is 0 Å². The summed E-state index contributed by atoms with van der Waals surface area (Å²) in [5, 5.41) is 13.5. The van der Waals surface area contributed by atoms with Gasteiger partial charge in [0.1, 0.15) is 24.0 Å². The van der Waals surface area contributed by atoms with Crippen LogP contribution in [0.3, 0.4) is 0 Å². The van der Waals surface area contributed by atoms with Gasteiger partial charge in [0.2, 0.25) is 0 Å². The van der Waals surface area contributed by atoms with Crippen LogP contribution in [0.4, 0.5) is 5.69 Å². The first-order valence-corrected chi connectivity index (χ1v) is 10.4. The molecule has 0 saturated carbocycles. The van der Waals surface area contributed by atoms with Crippen molar-refractivity contribution >= 4 is 52.5 Å². The van der Waals surface area contributed by atoms with E-state index in [2.05, 4.69) is 5.32 Å². The summed E-state index contributed by atoms with van der Waals surface area (Å²) in [6, 6.07) is 19.6. The predicted octanol–water partition coefficient (Wildman–Crippen LogP) is 7.08. The maximum atomic E-state index is 12.7. The van der Waals surface area contributed by atoms with Gasteiger partial charge in [-0.1, -0.05) is 65.1 Å². The number of halogens is 3. The van der Waals surface area contributed by atoms with Crippen LogP contribution in [-0.2, 0) is 11.4 Å². The number of aryl methyl sites for hydroxylation is 1. The average Bonchev–Trinajstić information content (AvgIpc) is 2.72. The van der Waals surface area contributed by atoms with Crippen LogP contribution in [0.15, 0.2) is 66.2 Å². The Morgan fingerprint density at radius 3 is 2.55 bits per heavy atom. The fourth-order valence-electron chi connectivity index (χ4n) is 2.83. The SMILES string of the molecule is Cc1ccccc1NC(=O)/C(C#N)=C/c1cc(Cl)cc(Cl)c1OCc1cccc(Cl)c1. The van der Waals surface area contributed by atoms with Crippen LogP contribution in [0.25, 0.3) is 6.08 Å². The van der Waals surface area contributed by atoms with Crippen molar-refractivity contribution < 1.29 is 9.53 Å². The van der Waals surface area contributed by atoms with Gasteiger partial charge in [0.05, 0.1) is 5.02 Å². The van der Waals surface area contributed by atoms with Gasteiger partial charge in [0, 0.05) is 21.3 Å². The van der Waals surface area contributed by atoms with Gasteiger partial charge in [0.25, 0.3) is 5.91 Å². The Kier molecular flexibility index (Phi) is 7.59. The molecule has 3 aromatic rings. The largest absolute Gasteiger partial charge is 0.487 e. The normalized spacial score (nSPS) is 11.0. The number of amides is 1. The predicted molar refractivity (Wildman–Crippen MR) is 126 cm³/mol. The van der Waals surface area contributed by atoms with E-state index >= 15 is 0 Å². The van der Waals surface area contributed by atoms with Crippen molar-refractivity contribution in [2.24, 2.45) is 0 Å². The highest BCUT2D eigenvalue weighted by Gasteiger charge is 2.15. The van der Waals surface area contributed by atoms with E-state index in [4.69, 9.17) is 39.5 Å². The summed E-state index contributed by atoms with van der Waals surface area (Å²) >= 11 is 18.5. The number of ether oxygens (including phenoxy) is 1. The van der Waals surface area contributed by atoms with E-state index in [1.807, 2.05) is 37.3 Å². The van der Waals surface area contributed by atoms with Crippen molar-refractivity contribution in [3.8, 4) is 11.8 Å². The first-order valence-electron chi connectivity index (χ1n) is 9.22. The molecule has 0 aliphatic rings. The molecule has 31 heavy (non-hydrogen) atoms. The Labute approximate surface area is 195 Å². The zero-order valence-electron chi connectivity index (χ0n) is 16.5. The smallest absolute Gasteiger partial charge is 0.266 e. The molecule has 0 radical (unpaired) electrons. The molecule has 0 aromatic heterocycles. The number of rotatable bonds is 6. The second-order valence-electron chi connectivity index (χ2n) is 6.66. The van der Waals surface area contributed by atoms with E-state index < -0.39 is 5.91 Å². The number of benzene rings is 3. The van der Waals surface area contributed by atoms with Crippen molar-refractivity contribution in [1.82, 2.24) is 0 Å². The van der Waals surface area contributed by atoms with Crippen LogP contribution >= 0.6 is 34.8 Å². The average molecular weight is 472 g/mol. The molecule has 0 fully saturated rings. The van der Waals surface area contributed by atoms with Crippen LogP contribution in [0.1, 0.15) is 16.7 Å². The molecular formula is C24H17Cl3N2O2. The van der Waals surface area contributed by atoms with Gasteiger partial charge < -0.3 is 10.1 Å². The molecular weight excluding hydrogens is 455 g/mol. The van der Waals surface area contributed by atoms with Crippen LogP contribution in [0, 0.1) is 18.3 Å². The zero-order chi connectivity index (χ0) is 22.4. The van der Waals surface area contributed by atoms with Crippen LogP contribution in [0.2, 0.25) is 15.1 Å². The van der Waals surface area contributed by atoms with Gasteiger partial charge in [-0.05, 0) is 54.5 Å². The van der Waals surface area contributed by atoms with Gasteiger partial charge in [-0.3, -0.25) is 4.79 Å². The van der Waals surface area contributed by atoms with Crippen molar-refractivity contribution in [2.75, 3.05) is 5.32 Å². The zero-order valence-corrected chi connectivity index (χ0v) is 18.7. The molecule has 0 heterocycles. The maximum Gasteiger partial charge on any atom is 0.266 e. The molecule has 4 nitrogen and oxygen atoms in total. The third-order valence-electron chi connectivity index (χ3n) is 4.37. The lowest BCUT2D eigenvalue weighted by atomic mass is 10.1. The topological polar surface area (TPSA) is 62.1 Å². The summed E-state index contributed by atoms with van der Waals surface area (Å²) < 4.78 is 5.89. The molecule has 0 bridgehead atoms. The molecule has 7 heteroatoms. The Hall–Kier alpha value is -2.97. The van der Waals surface area contributed by atoms with Crippen molar-refractivity contribution in [2.45, 2.75) is 13.5 Å². The Bertz CT molecular complexity index is 1200. The summed E-state index contributed by atoms with van der Waals surface area (Å²) in [6.07, 6.45) is 1.40. The van der Waals surface area contributed by atoms with Gasteiger partial charge in [-0.2, -0.15) is 5.26 Å². The van der Waals surface area contributed by atoms with Crippen LogP contribution in [-0.4, -0.2) is 5.91 Å². The fourth-order valence-corrected chi connectivity index (χ4v) is 3.61. The summed E-state index contributed by atoms with van der Waals surface area (Å²) in [4.78, 5) is 12.7. The molecule has 0 aliphatic carbocycles. The molecule has 0 spiro atoms. The van der Waals surface area contributed by atoms with E-state index in [1.54, 1.807) is 30.3 Å². The summed E-state index contributed by atoms with van der Waals surface area (Å²) in [6.45, 7) is 2.06. The lowest BCUT2D eigenvalue weighted by Gasteiger charge is -2.13. The van der Waals surface area contributed by atoms with E-state index in [0.29, 0.717) is 27.0 Å². The Balaban J connectivity index is 1.90. The van der Waals surface area contributed by atoms with E-state index in [1.165, 1.54) is 12.1 Å². The van der Waals surface area contributed by atoms with Crippen LogP contribution in [0.5, 0.6) is 5.75 Å². The number of hydrogen-bond acceptors (Lipinski definition) is 3.